The van der Waals surface area contributed by atoms with Crippen LogP contribution in [0.1, 0.15) is 65.1 Å². The van der Waals surface area contributed by atoms with Crippen molar-refractivity contribution in [1.29, 1.82) is 0 Å². The molecule has 232 valence electrons. The minimum Gasteiger partial charge on any atom is -0.366 e. The Morgan fingerprint density at radius 1 is 0.750 bits per heavy atom. The van der Waals surface area contributed by atoms with Crippen molar-refractivity contribution >= 4 is 55.5 Å². The lowest BCUT2D eigenvalue weighted by molar-refractivity contribution is -0.132. The number of primary amides is 1. The van der Waals surface area contributed by atoms with Crippen molar-refractivity contribution < 1.29 is 19.2 Å². The van der Waals surface area contributed by atoms with Gasteiger partial charge in [-0.1, -0.05) is 93.6 Å². The molecule has 10 heteroatoms. The van der Waals surface area contributed by atoms with Crippen molar-refractivity contribution in [3.8, 4) is 0 Å². The highest BCUT2D eigenvalue weighted by Gasteiger charge is 2.34. The van der Waals surface area contributed by atoms with Gasteiger partial charge in [-0.15, -0.1) is 0 Å². The second-order valence-corrected chi connectivity index (χ2v) is 13.1. The minimum atomic E-state index is -0.974. The average molecular weight is 727 g/mol. The van der Waals surface area contributed by atoms with E-state index in [1.807, 2.05) is 48.5 Å². The summed E-state index contributed by atoms with van der Waals surface area (Å²) in [6.07, 6.45) is 5.58. The third-order valence-corrected chi connectivity index (χ3v) is 9.03. The van der Waals surface area contributed by atoms with E-state index >= 15 is 0 Å². The van der Waals surface area contributed by atoms with Gasteiger partial charge in [0.1, 0.15) is 12.1 Å². The van der Waals surface area contributed by atoms with Gasteiger partial charge in [0.05, 0.1) is 5.92 Å². The van der Waals surface area contributed by atoms with Gasteiger partial charge in [-0.05, 0) is 65.8 Å². The molecule has 4 rings (SSSR count). The maximum Gasteiger partial charge on any atom is 0.248 e. The second kappa shape index (κ2) is 16.0. The molecule has 3 aromatic carbocycles. The van der Waals surface area contributed by atoms with Crippen molar-refractivity contribution in [3.05, 3.63) is 104 Å². The Kier molecular flexibility index (Phi) is 12.1. The maximum atomic E-state index is 14.1. The summed E-state index contributed by atoms with van der Waals surface area (Å²) in [6, 6.07) is 20.2. The van der Waals surface area contributed by atoms with Crippen LogP contribution in [0.15, 0.2) is 81.7 Å². The van der Waals surface area contributed by atoms with Crippen LogP contribution in [0, 0.1) is 5.92 Å². The molecule has 0 aliphatic heterocycles. The van der Waals surface area contributed by atoms with Gasteiger partial charge in [0.25, 0.3) is 0 Å². The van der Waals surface area contributed by atoms with E-state index in [1.54, 1.807) is 24.3 Å². The smallest absolute Gasteiger partial charge is 0.248 e. The number of likely N-dealkylation sites (N-methyl/N-ethyl adjacent to an activating group) is 1. The van der Waals surface area contributed by atoms with Gasteiger partial charge in [-0.3, -0.25) is 19.2 Å². The Labute approximate surface area is 275 Å². The molecule has 3 atom stereocenters. The molecule has 0 radical (unpaired) electrons. The Morgan fingerprint density at radius 2 is 1.32 bits per heavy atom. The van der Waals surface area contributed by atoms with Gasteiger partial charge in [0.2, 0.25) is 23.6 Å². The van der Waals surface area contributed by atoms with E-state index in [4.69, 9.17) is 5.73 Å². The highest BCUT2D eigenvalue weighted by molar-refractivity contribution is 9.11. The summed E-state index contributed by atoms with van der Waals surface area (Å²) in [6.45, 7) is 0. The fourth-order valence-corrected chi connectivity index (χ4v) is 7.29. The Hall–Kier alpha value is -3.50. The van der Waals surface area contributed by atoms with Crippen molar-refractivity contribution in [1.82, 2.24) is 16.0 Å². The molecule has 1 aliphatic rings. The van der Waals surface area contributed by atoms with Crippen LogP contribution in [-0.2, 0) is 27.2 Å². The molecule has 1 fully saturated rings. The van der Waals surface area contributed by atoms with Crippen molar-refractivity contribution in [2.24, 2.45) is 11.7 Å². The molecule has 0 aromatic heterocycles. The molecular formula is C34H38Br2N4O4. The predicted octanol–water partition coefficient (Wildman–Crippen LogP) is 5.18. The van der Waals surface area contributed by atoms with Gasteiger partial charge in [0, 0.05) is 34.4 Å². The SMILES string of the molecule is CNC(=O)[C@H](Cc1cc(Br)cc(Br)c1)NC(=O)[C@H](Cc1ccc(C(N)=O)cc1)NC(=O)C(c1ccccc1)C1CCCCC1. The summed E-state index contributed by atoms with van der Waals surface area (Å²) in [4.78, 5) is 52.6. The molecule has 0 heterocycles. The summed E-state index contributed by atoms with van der Waals surface area (Å²) in [5, 5.41) is 8.59. The van der Waals surface area contributed by atoms with E-state index < -0.39 is 29.8 Å². The van der Waals surface area contributed by atoms with Crippen molar-refractivity contribution in [2.45, 2.75) is 62.9 Å². The molecule has 1 unspecified atom stereocenters. The molecule has 1 saturated carbocycles. The summed E-state index contributed by atoms with van der Waals surface area (Å²) in [5.41, 5.74) is 8.25. The number of halogens is 2. The number of amides is 4. The largest absolute Gasteiger partial charge is 0.366 e. The van der Waals surface area contributed by atoms with Gasteiger partial charge < -0.3 is 21.7 Å². The van der Waals surface area contributed by atoms with E-state index in [0.717, 1.165) is 57.7 Å². The van der Waals surface area contributed by atoms with E-state index in [-0.39, 0.29) is 30.6 Å². The fraction of sp³-hybridized carbons (Fsp3) is 0.353. The lowest BCUT2D eigenvalue weighted by atomic mass is 9.76. The molecule has 8 nitrogen and oxygen atoms in total. The molecule has 0 bridgehead atoms. The van der Waals surface area contributed by atoms with Crippen molar-refractivity contribution in [2.75, 3.05) is 7.05 Å². The number of rotatable bonds is 12. The third kappa shape index (κ3) is 9.25. The van der Waals surface area contributed by atoms with E-state index in [1.165, 1.54) is 7.05 Å². The van der Waals surface area contributed by atoms with Crippen LogP contribution in [0.4, 0.5) is 0 Å². The summed E-state index contributed by atoms with van der Waals surface area (Å²) < 4.78 is 1.67. The Morgan fingerprint density at radius 3 is 1.91 bits per heavy atom. The number of nitrogens with two attached hydrogens (primary N) is 1. The molecular weight excluding hydrogens is 688 g/mol. The molecule has 5 N–H and O–H groups in total. The normalized spacial score (nSPS) is 15.4. The van der Waals surface area contributed by atoms with Crippen LogP contribution in [0.25, 0.3) is 0 Å². The summed E-state index contributed by atoms with van der Waals surface area (Å²) in [5.74, 6) is -1.84. The lowest BCUT2D eigenvalue weighted by Crippen LogP contribution is -2.55. The van der Waals surface area contributed by atoms with Crippen LogP contribution in [0.5, 0.6) is 0 Å². The molecule has 0 spiro atoms. The second-order valence-electron chi connectivity index (χ2n) is 11.3. The van der Waals surface area contributed by atoms with Crippen LogP contribution < -0.4 is 21.7 Å². The summed E-state index contributed by atoms with van der Waals surface area (Å²) >= 11 is 6.96. The molecule has 1 aliphatic carbocycles. The van der Waals surface area contributed by atoms with E-state index in [0.29, 0.717) is 5.56 Å². The number of carbonyl (C=O) groups is 4. The zero-order valence-electron chi connectivity index (χ0n) is 24.7. The highest BCUT2D eigenvalue weighted by atomic mass is 79.9. The average Bonchev–Trinajstić information content (AvgIpc) is 3.01. The number of hydrogen-bond donors (Lipinski definition) is 4. The fourth-order valence-electron chi connectivity index (χ4n) is 5.90. The molecule has 3 aromatic rings. The maximum absolute atomic E-state index is 14.1. The monoisotopic (exact) mass is 724 g/mol. The van der Waals surface area contributed by atoms with Crippen LogP contribution in [0.2, 0.25) is 0 Å². The van der Waals surface area contributed by atoms with Crippen LogP contribution in [-0.4, -0.2) is 42.8 Å². The standard InChI is InChI=1S/C34H38Br2N4O4/c1-38-32(42)28(19-22-16-26(35)20-27(36)17-22)39-33(43)29(18-21-12-14-25(15-13-21)31(37)41)40-34(44)30(23-8-4-2-5-9-23)24-10-6-3-7-11-24/h2,4-5,8-9,12-17,20,24,28-30H,3,6-7,10-11,18-19H2,1H3,(H2,37,41)(H,38,42)(H,39,43)(H,40,44)/t28-,29-,30?/m0/s1. The first-order valence-corrected chi connectivity index (χ1v) is 16.4. The molecule has 0 saturated heterocycles. The first-order chi connectivity index (χ1) is 21.1. The molecule has 44 heavy (non-hydrogen) atoms. The first-order valence-electron chi connectivity index (χ1n) is 14.9. The van der Waals surface area contributed by atoms with Crippen molar-refractivity contribution in [3.63, 3.8) is 0 Å². The van der Waals surface area contributed by atoms with Crippen LogP contribution >= 0.6 is 31.9 Å². The van der Waals surface area contributed by atoms with Gasteiger partial charge in [-0.25, -0.2) is 0 Å². The van der Waals surface area contributed by atoms with Gasteiger partial charge in [0.15, 0.2) is 0 Å². The highest BCUT2D eigenvalue weighted by Crippen LogP contribution is 2.36. The van der Waals surface area contributed by atoms with E-state index in [9.17, 15) is 19.2 Å². The topological polar surface area (TPSA) is 130 Å². The first kappa shape index (κ1) is 33.4. The zero-order valence-corrected chi connectivity index (χ0v) is 27.8. The Balaban J connectivity index is 1.62. The van der Waals surface area contributed by atoms with Gasteiger partial charge >= 0.3 is 0 Å². The molecule has 4 amide bonds. The number of benzene rings is 3. The van der Waals surface area contributed by atoms with Crippen LogP contribution in [0.3, 0.4) is 0 Å². The zero-order chi connectivity index (χ0) is 31.6. The van der Waals surface area contributed by atoms with E-state index in [2.05, 4.69) is 47.8 Å². The quantitative estimate of drug-likeness (QED) is 0.205. The Bertz CT molecular complexity index is 1440. The number of hydrogen-bond acceptors (Lipinski definition) is 4. The number of nitrogens with one attached hydrogen (secondary N) is 3. The number of carbonyl (C=O) groups excluding carboxylic acids is 4. The van der Waals surface area contributed by atoms with Gasteiger partial charge in [-0.2, -0.15) is 0 Å². The lowest BCUT2D eigenvalue weighted by Gasteiger charge is -2.31. The summed E-state index contributed by atoms with van der Waals surface area (Å²) in [7, 11) is 1.52. The predicted molar refractivity (Wildman–Crippen MR) is 178 cm³/mol. The minimum absolute atomic E-state index is 0.158. The third-order valence-electron chi connectivity index (χ3n) is 8.12.